The highest BCUT2D eigenvalue weighted by atomic mass is 35.5. The summed E-state index contributed by atoms with van der Waals surface area (Å²) in [6, 6.07) is 1.86. The summed E-state index contributed by atoms with van der Waals surface area (Å²) in [5.74, 6) is 0. The maximum Gasteiger partial charge on any atom is 0.407 e. The van der Waals surface area contributed by atoms with Gasteiger partial charge in [-0.25, -0.2) is 14.6 Å². The number of nitrogens with one attached hydrogen (secondary N) is 2. The van der Waals surface area contributed by atoms with Crippen LogP contribution in [0.5, 0.6) is 0 Å². The second-order valence-electron chi connectivity index (χ2n) is 7.48. The zero-order valence-corrected chi connectivity index (χ0v) is 15.4. The first-order valence-electron chi connectivity index (χ1n) is 8.48. The van der Waals surface area contributed by atoms with E-state index in [9.17, 15) is 9.59 Å². The van der Waals surface area contributed by atoms with Crippen LogP contribution in [0.3, 0.4) is 0 Å². The molecular formula is C17H23ClN4O3. The van der Waals surface area contributed by atoms with E-state index in [1.54, 1.807) is 16.8 Å². The van der Waals surface area contributed by atoms with E-state index in [4.69, 9.17) is 16.3 Å². The van der Waals surface area contributed by atoms with Gasteiger partial charge in [-0.3, -0.25) is 4.57 Å². The van der Waals surface area contributed by atoms with Gasteiger partial charge in [-0.1, -0.05) is 11.6 Å². The van der Waals surface area contributed by atoms with Crippen LogP contribution in [0.15, 0.2) is 17.1 Å². The standard InChI is InChI=1S/C17H23ClN4O3/c1-17(2,3)25-16(24)20-10-4-6-11(7-5-10)22-13-8-14(18)19-9-12(13)21-15(22)23/h8-11H,4-7H2,1-3H3,(H,20,24)(H,21,23). The molecule has 7 nitrogen and oxygen atoms in total. The molecule has 0 aliphatic heterocycles. The van der Waals surface area contributed by atoms with Crippen LogP contribution in [-0.4, -0.2) is 32.3 Å². The molecule has 2 heterocycles. The molecule has 1 aliphatic rings. The van der Waals surface area contributed by atoms with Gasteiger partial charge >= 0.3 is 11.8 Å². The van der Waals surface area contributed by atoms with Gasteiger partial charge in [0, 0.05) is 18.2 Å². The van der Waals surface area contributed by atoms with E-state index in [-0.39, 0.29) is 17.8 Å². The SMILES string of the molecule is CC(C)(C)OC(=O)NC1CCC(n2c(=O)[nH]c3cnc(Cl)cc32)CC1. The van der Waals surface area contributed by atoms with Crippen molar-refractivity contribution in [2.24, 2.45) is 0 Å². The summed E-state index contributed by atoms with van der Waals surface area (Å²) >= 11 is 5.97. The van der Waals surface area contributed by atoms with E-state index in [0.29, 0.717) is 10.7 Å². The minimum absolute atomic E-state index is 0.0669. The molecule has 0 unspecified atom stereocenters. The molecule has 136 valence electrons. The van der Waals surface area contributed by atoms with Crippen LogP contribution in [0.2, 0.25) is 5.15 Å². The Labute approximate surface area is 150 Å². The molecular weight excluding hydrogens is 344 g/mol. The summed E-state index contributed by atoms with van der Waals surface area (Å²) in [6.07, 6.45) is 4.37. The maximum atomic E-state index is 12.3. The number of imidazole rings is 1. The maximum absolute atomic E-state index is 12.3. The van der Waals surface area contributed by atoms with E-state index in [0.717, 1.165) is 31.2 Å². The zero-order valence-electron chi connectivity index (χ0n) is 14.6. The first kappa shape index (κ1) is 17.8. The number of carbonyl (C=O) groups is 1. The van der Waals surface area contributed by atoms with Gasteiger partial charge < -0.3 is 15.0 Å². The van der Waals surface area contributed by atoms with Crippen LogP contribution in [0.1, 0.15) is 52.5 Å². The van der Waals surface area contributed by atoms with Gasteiger partial charge in [0.05, 0.1) is 17.2 Å². The van der Waals surface area contributed by atoms with E-state index in [1.807, 2.05) is 20.8 Å². The minimum Gasteiger partial charge on any atom is -0.444 e. The van der Waals surface area contributed by atoms with Crippen molar-refractivity contribution in [1.82, 2.24) is 19.9 Å². The van der Waals surface area contributed by atoms with Crippen LogP contribution >= 0.6 is 11.6 Å². The third-order valence-electron chi connectivity index (χ3n) is 4.35. The van der Waals surface area contributed by atoms with Gasteiger partial charge in [-0.05, 0) is 46.5 Å². The predicted molar refractivity (Wildman–Crippen MR) is 96.0 cm³/mol. The lowest BCUT2D eigenvalue weighted by Crippen LogP contribution is -2.41. The third kappa shape index (κ3) is 4.15. The predicted octanol–water partition coefficient (Wildman–Crippen LogP) is 3.39. The number of alkyl carbamates (subject to hydrolysis) is 1. The highest BCUT2D eigenvalue weighted by Gasteiger charge is 2.27. The van der Waals surface area contributed by atoms with Crippen molar-refractivity contribution in [2.45, 2.75) is 64.1 Å². The molecule has 0 saturated heterocycles. The first-order valence-corrected chi connectivity index (χ1v) is 8.86. The van der Waals surface area contributed by atoms with E-state index in [1.165, 1.54) is 0 Å². The highest BCUT2D eigenvalue weighted by Crippen LogP contribution is 2.30. The van der Waals surface area contributed by atoms with Crippen molar-refractivity contribution in [1.29, 1.82) is 0 Å². The Morgan fingerprint density at radius 1 is 1.36 bits per heavy atom. The van der Waals surface area contributed by atoms with Gasteiger partial charge in [0.1, 0.15) is 10.8 Å². The van der Waals surface area contributed by atoms with Gasteiger partial charge in [0.15, 0.2) is 0 Å². The molecule has 3 rings (SSSR count). The van der Waals surface area contributed by atoms with Gasteiger partial charge in [0.2, 0.25) is 0 Å². The third-order valence-corrected chi connectivity index (χ3v) is 4.56. The van der Waals surface area contributed by atoms with Crippen LogP contribution in [0, 0.1) is 0 Å². The molecule has 1 amide bonds. The van der Waals surface area contributed by atoms with Crippen LogP contribution in [0.4, 0.5) is 4.79 Å². The smallest absolute Gasteiger partial charge is 0.407 e. The number of amides is 1. The number of aromatic nitrogens is 3. The molecule has 1 fully saturated rings. The van der Waals surface area contributed by atoms with Gasteiger partial charge in [-0.2, -0.15) is 0 Å². The Balaban J connectivity index is 1.67. The Hall–Kier alpha value is -2.02. The lowest BCUT2D eigenvalue weighted by Gasteiger charge is -2.30. The molecule has 2 aromatic rings. The average molecular weight is 367 g/mol. The summed E-state index contributed by atoms with van der Waals surface area (Å²) in [7, 11) is 0. The van der Waals surface area contributed by atoms with Crippen LogP contribution in [-0.2, 0) is 4.74 Å². The van der Waals surface area contributed by atoms with Gasteiger partial charge in [-0.15, -0.1) is 0 Å². The zero-order chi connectivity index (χ0) is 18.2. The summed E-state index contributed by atoms with van der Waals surface area (Å²) in [5, 5.41) is 3.28. The molecule has 2 aromatic heterocycles. The Morgan fingerprint density at radius 3 is 2.68 bits per heavy atom. The van der Waals surface area contributed by atoms with Crippen LogP contribution in [0.25, 0.3) is 11.0 Å². The Morgan fingerprint density at radius 2 is 2.04 bits per heavy atom. The van der Waals surface area contributed by atoms with Crippen LogP contribution < -0.4 is 11.0 Å². The Bertz CT molecular complexity index is 829. The van der Waals surface area contributed by atoms with Crippen molar-refractivity contribution in [3.63, 3.8) is 0 Å². The molecule has 25 heavy (non-hydrogen) atoms. The number of pyridine rings is 1. The summed E-state index contributed by atoms with van der Waals surface area (Å²) in [5.41, 5.74) is 0.797. The molecule has 0 atom stereocenters. The van der Waals surface area contributed by atoms with Crippen molar-refractivity contribution in [3.8, 4) is 0 Å². The number of fused-ring (bicyclic) bond motifs is 1. The molecule has 1 aliphatic carbocycles. The van der Waals surface area contributed by atoms with E-state index in [2.05, 4.69) is 15.3 Å². The topological polar surface area (TPSA) is 89.0 Å². The summed E-state index contributed by atoms with van der Waals surface area (Å²) < 4.78 is 7.05. The number of carbonyl (C=O) groups excluding carboxylic acids is 1. The second-order valence-corrected chi connectivity index (χ2v) is 7.86. The van der Waals surface area contributed by atoms with E-state index >= 15 is 0 Å². The molecule has 0 spiro atoms. The largest absolute Gasteiger partial charge is 0.444 e. The molecule has 0 aromatic carbocycles. The van der Waals surface area contributed by atoms with E-state index < -0.39 is 11.7 Å². The number of aromatic amines is 1. The normalized spacial score (nSPS) is 21.3. The second kappa shape index (κ2) is 6.71. The minimum atomic E-state index is -0.508. The fraction of sp³-hybridized carbons (Fsp3) is 0.588. The number of hydrogen-bond donors (Lipinski definition) is 2. The molecule has 1 saturated carbocycles. The number of hydrogen-bond acceptors (Lipinski definition) is 4. The fourth-order valence-electron chi connectivity index (χ4n) is 3.32. The molecule has 0 radical (unpaired) electrons. The number of H-pyrrole nitrogens is 1. The number of rotatable bonds is 2. The first-order chi connectivity index (χ1) is 11.7. The highest BCUT2D eigenvalue weighted by molar-refractivity contribution is 6.29. The average Bonchev–Trinajstić information content (AvgIpc) is 2.81. The number of nitrogens with zero attached hydrogens (tertiary/aromatic N) is 2. The van der Waals surface area contributed by atoms with Crippen molar-refractivity contribution in [2.75, 3.05) is 0 Å². The monoisotopic (exact) mass is 366 g/mol. The number of ether oxygens (including phenoxy) is 1. The van der Waals surface area contributed by atoms with Gasteiger partial charge in [0.25, 0.3) is 0 Å². The molecule has 2 N–H and O–H groups in total. The van der Waals surface area contributed by atoms with Crippen molar-refractivity contribution >= 4 is 28.7 Å². The van der Waals surface area contributed by atoms with Crippen molar-refractivity contribution < 1.29 is 9.53 Å². The summed E-state index contributed by atoms with van der Waals surface area (Å²) in [6.45, 7) is 5.52. The lowest BCUT2D eigenvalue weighted by molar-refractivity contribution is 0.0488. The molecule has 0 bridgehead atoms. The molecule has 8 heteroatoms. The summed E-state index contributed by atoms with van der Waals surface area (Å²) in [4.78, 5) is 31.0. The number of halogens is 1. The quantitative estimate of drug-likeness (QED) is 0.797. The fourth-order valence-corrected chi connectivity index (χ4v) is 3.47. The van der Waals surface area contributed by atoms with Crippen molar-refractivity contribution in [3.05, 3.63) is 27.9 Å². The Kier molecular flexibility index (Phi) is 4.77. The lowest BCUT2D eigenvalue weighted by atomic mass is 9.91.